The molecular formula is C22H22N4O7S. The molecule has 1 amide bonds. The van der Waals surface area contributed by atoms with Crippen LogP contribution in [0.4, 0.5) is 17.1 Å². The summed E-state index contributed by atoms with van der Waals surface area (Å²) in [6.07, 6.45) is 0. The molecule has 0 saturated carbocycles. The van der Waals surface area contributed by atoms with Crippen molar-refractivity contribution < 1.29 is 27.7 Å². The van der Waals surface area contributed by atoms with E-state index in [1.54, 1.807) is 26.2 Å². The topological polar surface area (TPSA) is 148 Å². The molecule has 178 valence electrons. The van der Waals surface area contributed by atoms with Crippen LogP contribution in [0.5, 0.6) is 0 Å². The SMILES string of the molecule is CN(C)c1ccc(S(=O)(=O)NCC(=O)OCC(=O)Nc2ccc3ccccc3c2)cc1[N+](=O)[O-]. The molecule has 11 nitrogen and oxygen atoms in total. The lowest BCUT2D eigenvalue weighted by molar-refractivity contribution is -0.384. The lowest BCUT2D eigenvalue weighted by atomic mass is 10.1. The molecule has 0 atom stereocenters. The van der Waals surface area contributed by atoms with Gasteiger partial charge in [-0.3, -0.25) is 19.7 Å². The second-order valence-corrected chi connectivity index (χ2v) is 9.16. The van der Waals surface area contributed by atoms with Crippen molar-refractivity contribution >= 4 is 49.7 Å². The predicted molar refractivity (Wildman–Crippen MR) is 126 cm³/mol. The van der Waals surface area contributed by atoms with Crippen LogP contribution in [-0.4, -0.2) is 52.5 Å². The van der Waals surface area contributed by atoms with Crippen LogP contribution in [-0.2, 0) is 24.3 Å². The summed E-state index contributed by atoms with van der Waals surface area (Å²) in [6.45, 7) is -1.37. The van der Waals surface area contributed by atoms with E-state index in [2.05, 4.69) is 5.32 Å². The Morgan fingerprint density at radius 3 is 2.41 bits per heavy atom. The molecule has 0 bridgehead atoms. The largest absolute Gasteiger partial charge is 0.455 e. The minimum Gasteiger partial charge on any atom is -0.455 e. The first-order valence-corrected chi connectivity index (χ1v) is 11.4. The number of rotatable bonds is 9. The highest BCUT2D eigenvalue weighted by atomic mass is 32.2. The number of nitrogens with one attached hydrogen (secondary N) is 2. The van der Waals surface area contributed by atoms with Gasteiger partial charge in [0, 0.05) is 25.8 Å². The molecular weight excluding hydrogens is 464 g/mol. The monoisotopic (exact) mass is 486 g/mol. The van der Waals surface area contributed by atoms with Crippen molar-refractivity contribution in [3.05, 3.63) is 70.8 Å². The highest BCUT2D eigenvalue weighted by Crippen LogP contribution is 2.29. The van der Waals surface area contributed by atoms with E-state index < -0.39 is 45.7 Å². The number of sulfonamides is 1. The summed E-state index contributed by atoms with van der Waals surface area (Å²) in [4.78, 5) is 35.7. The normalized spacial score (nSPS) is 11.1. The van der Waals surface area contributed by atoms with Gasteiger partial charge in [0.2, 0.25) is 10.0 Å². The summed E-state index contributed by atoms with van der Waals surface area (Å²) in [5.74, 6) is -1.59. The number of nitro groups is 1. The Balaban J connectivity index is 1.55. The summed E-state index contributed by atoms with van der Waals surface area (Å²) in [7, 11) is -1.07. The summed E-state index contributed by atoms with van der Waals surface area (Å²) < 4.78 is 31.7. The quantitative estimate of drug-likeness (QED) is 0.266. The maximum absolute atomic E-state index is 12.4. The maximum Gasteiger partial charge on any atom is 0.321 e. The number of hydrogen-bond acceptors (Lipinski definition) is 8. The number of ether oxygens (including phenoxy) is 1. The number of nitro benzene ring substituents is 1. The van der Waals surface area contributed by atoms with Crippen LogP contribution in [0.2, 0.25) is 0 Å². The Kier molecular flexibility index (Phi) is 7.44. The number of fused-ring (bicyclic) bond motifs is 1. The number of nitrogens with zero attached hydrogens (tertiary/aromatic N) is 2. The summed E-state index contributed by atoms with van der Waals surface area (Å²) in [5, 5.41) is 15.8. The molecule has 0 spiro atoms. The zero-order valence-electron chi connectivity index (χ0n) is 18.3. The van der Waals surface area contributed by atoms with Crippen molar-refractivity contribution in [1.82, 2.24) is 4.72 Å². The molecule has 0 aliphatic carbocycles. The van der Waals surface area contributed by atoms with Gasteiger partial charge in [0.15, 0.2) is 6.61 Å². The molecule has 0 aliphatic rings. The second kappa shape index (κ2) is 10.3. The van der Waals surface area contributed by atoms with Gasteiger partial charge < -0.3 is 15.0 Å². The molecule has 0 fully saturated rings. The molecule has 34 heavy (non-hydrogen) atoms. The number of hydrogen-bond donors (Lipinski definition) is 2. The predicted octanol–water partition coefficient (Wildman–Crippen LogP) is 2.27. The summed E-state index contributed by atoms with van der Waals surface area (Å²) in [5.41, 5.74) is 0.338. The maximum atomic E-state index is 12.4. The molecule has 0 aliphatic heterocycles. The first kappa shape index (κ1) is 24.6. The van der Waals surface area contributed by atoms with Gasteiger partial charge in [0.05, 0.1) is 9.82 Å². The number of anilines is 2. The molecule has 12 heteroatoms. The fourth-order valence-electron chi connectivity index (χ4n) is 3.09. The minimum atomic E-state index is -4.24. The van der Waals surface area contributed by atoms with Crippen molar-refractivity contribution in [3.63, 3.8) is 0 Å². The third kappa shape index (κ3) is 6.05. The number of carbonyl (C=O) groups is 2. The van der Waals surface area contributed by atoms with Crippen molar-refractivity contribution in [2.75, 3.05) is 37.5 Å². The average Bonchev–Trinajstić information content (AvgIpc) is 2.81. The van der Waals surface area contributed by atoms with Gasteiger partial charge in [0.25, 0.3) is 11.6 Å². The van der Waals surface area contributed by atoms with Gasteiger partial charge in [-0.25, -0.2) is 8.42 Å². The molecule has 2 N–H and O–H groups in total. The second-order valence-electron chi connectivity index (χ2n) is 7.40. The van der Waals surface area contributed by atoms with Gasteiger partial charge in [-0.2, -0.15) is 4.72 Å². The lowest BCUT2D eigenvalue weighted by Gasteiger charge is -2.13. The summed E-state index contributed by atoms with van der Waals surface area (Å²) in [6, 6.07) is 16.3. The minimum absolute atomic E-state index is 0.223. The molecule has 3 aromatic carbocycles. The van der Waals surface area contributed by atoms with E-state index >= 15 is 0 Å². The van der Waals surface area contributed by atoms with Gasteiger partial charge in [-0.15, -0.1) is 0 Å². The van der Waals surface area contributed by atoms with E-state index in [0.717, 1.165) is 16.8 Å². The van der Waals surface area contributed by atoms with Crippen molar-refractivity contribution in [2.45, 2.75) is 4.90 Å². The van der Waals surface area contributed by atoms with E-state index in [0.29, 0.717) is 5.69 Å². The van der Waals surface area contributed by atoms with Crippen LogP contribution in [0.25, 0.3) is 10.8 Å². The van der Waals surface area contributed by atoms with Crippen LogP contribution in [0.3, 0.4) is 0 Å². The fraction of sp³-hybridized carbons (Fsp3) is 0.182. The van der Waals surface area contributed by atoms with E-state index in [1.165, 1.54) is 17.0 Å². The Labute approximate surface area is 195 Å². The molecule has 0 saturated heterocycles. The van der Waals surface area contributed by atoms with E-state index in [9.17, 15) is 28.1 Å². The molecule has 0 heterocycles. The number of benzene rings is 3. The fourth-order valence-corrected chi connectivity index (χ4v) is 4.08. The van der Waals surface area contributed by atoms with Crippen molar-refractivity contribution in [2.24, 2.45) is 0 Å². The lowest BCUT2D eigenvalue weighted by Crippen LogP contribution is -2.32. The highest BCUT2D eigenvalue weighted by Gasteiger charge is 2.23. The van der Waals surface area contributed by atoms with E-state index in [4.69, 9.17) is 4.74 Å². The average molecular weight is 487 g/mol. The Hall–Kier alpha value is -4.03. The Morgan fingerprint density at radius 2 is 1.74 bits per heavy atom. The first-order chi connectivity index (χ1) is 16.1. The molecule has 0 unspecified atom stereocenters. The van der Waals surface area contributed by atoms with Gasteiger partial charge in [-0.1, -0.05) is 30.3 Å². The molecule has 3 aromatic rings. The molecule has 0 aromatic heterocycles. The van der Waals surface area contributed by atoms with E-state index in [-0.39, 0.29) is 10.6 Å². The van der Waals surface area contributed by atoms with Crippen LogP contribution in [0.1, 0.15) is 0 Å². The van der Waals surface area contributed by atoms with Crippen LogP contribution < -0.4 is 14.9 Å². The molecule has 0 radical (unpaired) electrons. The van der Waals surface area contributed by atoms with E-state index in [1.807, 2.05) is 35.1 Å². The summed E-state index contributed by atoms with van der Waals surface area (Å²) >= 11 is 0. The van der Waals surface area contributed by atoms with Gasteiger partial charge in [-0.05, 0) is 35.0 Å². The third-order valence-electron chi connectivity index (χ3n) is 4.74. The zero-order valence-corrected chi connectivity index (χ0v) is 19.2. The first-order valence-electron chi connectivity index (χ1n) is 9.96. The van der Waals surface area contributed by atoms with Crippen molar-refractivity contribution in [1.29, 1.82) is 0 Å². The number of carbonyl (C=O) groups excluding carboxylic acids is 2. The zero-order chi connectivity index (χ0) is 24.9. The van der Waals surface area contributed by atoms with Crippen LogP contribution in [0.15, 0.2) is 65.6 Å². The van der Waals surface area contributed by atoms with Crippen molar-refractivity contribution in [3.8, 4) is 0 Å². The van der Waals surface area contributed by atoms with Crippen LogP contribution >= 0.6 is 0 Å². The number of amides is 1. The Bertz CT molecular complexity index is 1360. The number of esters is 1. The third-order valence-corrected chi connectivity index (χ3v) is 6.14. The van der Waals surface area contributed by atoms with Gasteiger partial charge in [0.1, 0.15) is 12.2 Å². The Morgan fingerprint density at radius 1 is 1.03 bits per heavy atom. The highest BCUT2D eigenvalue weighted by molar-refractivity contribution is 7.89. The van der Waals surface area contributed by atoms with Crippen LogP contribution in [0, 0.1) is 10.1 Å². The van der Waals surface area contributed by atoms with Gasteiger partial charge >= 0.3 is 5.97 Å². The molecule has 3 rings (SSSR count). The smallest absolute Gasteiger partial charge is 0.321 e. The standard InChI is InChI=1S/C22H22N4O7S/c1-25(2)19-10-9-18(12-20(19)26(29)30)34(31,32)23-13-22(28)33-14-21(27)24-17-8-7-15-5-3-4-6-16(15)11-17/h3-12,23H,13-14H2,1-2H3,(H,24,27).